The van der Waals surface area contributed by atoms with Crippen molar-refractivity contribution in [2.24, 2.45) is 11.7 Å². The lowest BCUT2D eigenvalue weighted by molar-refractivity contribution is -0.134. The van der Waals surface area contributed by atoms with Crippen LogP contribution in [-0.4, -0.2) is 47.9 Å². The number of nitriles is 1. The fourth-order valence-electron chi connectivity index (χ4n) is 3.49. The number of carbonyl (C=O) groups is 1. The average Bonchev–Trinajstić information content (AvgIpc) is 3.18. The van der Waals surface area contributed by atoms with E-state index in [2.05, 4.69) is 4.90 Å². The normalized spacial score (nSPS) is 24.8. The van der Waals surface area contributed by atoms with E-state index in [0.29, 0.717) is 19.6 Å². The van der Waals surface area contributed by atoms with E-state index in [4.69, 9.17) is 11.0 Å². The predicted molar refractivity (Wildman–Crippen MR) is 83.7 cm³/mol. The summed E-state index contributed by atoms with van der Waals surface area (Å²) in [5.41, 5.74) is 7.09. The Labute approximate surface area is 135 Å². The van der Waals surface area contributed by atoms with Crippen LogP contribution in [0.1, 0.15) is 24.0 Å². The van der Waals surface area contributed by atoms with Gasteiger partial charge in [-0.2, -0.15) is 5.26 Å². The largest absolute Gasteiger partial charge is 0.342 e. The summed E-state index contributed by atoms with van der Waals surface area (Å²) in [6, 6.07) is 6.25. The number of amides is 1. The van der Waals surface area contributed by atoms with Crippen LogP contribution in [-0.2, 0) is 11.3 Å². The topological polar surface area (TPSA) is 73.4 Å². The molecule has 5 nitrogen and oxygen atoms in total. The molecule has 1 aromatic rings. The molecule has 0 radical (unpaired) electrons. The lowest BCUT2D eigenvalue weighted by atomic mass is 10.0. The van der Waals surface area contributed by atoms with Crippen LogP contribution in [0.2, 0.25) is 0 Å². The maximum Gasteiger partial charge on any atom is 0.228 e. The quantitative estimate of drug-likeness (QED) is 0.905. The molecule has 122 valence electrons. The van der Waals surface area contributed by atoms with Gasteiger partial charge in [0.15, 0.2) is 0 Å². The van der Waals surface area contributed by atoms with Crippen LogP contribution in [0.3, 0.4) is 0 Å². The van der Waals surface area contributed by atoms with E-state index in [1.165, 1.54) is 6.07 Å². The van der Waals surface area contributed by atoms with Crippen LogP contribution in [0.4, 0.5) is 4.39 Å². The highest BCUT2D eigenvalue weighted by Crippen LogP contribution is 2.23. The van der Waals surface area contributed by atoms with Crippen molar-refractivity contribution in [3.63, 3.8) is 0 Å². The highest BCUT2D eigenvalue weighted by atomic mass is 19.1. The Morgan fingerprint density at radius 1 is 1.35 bits per heavy atom. The lowest BCUT2D eigenvalue weighted by Crippen LogP contribution is -2.42. The molecule has 2 atom stereocenters. The molecule has 1 aromatic carbocycles. The van der Waals surface area contributed by atoms with Crippen LogP contribution in [0.25, 0.3) is 0 Å². The van der Waals surface area contributed by atoms with Crippen LogP contribution < -0.4 is 5.73 Å². The van der Waals surface area contributed by atoms with Gasteiger partial charge in [0.2, 0.25) is 5.91 Å². The number of halogens is 1. The first kappa shape index (κ1) is 15.9. The van der Waals surface area contributed by atoms with Gasteiger partial charge in [0.1, 0.15) is 11.9 Å². The second-order valence-corrected chi connectivity index (χ2v) is 6.42. The number of rotatable bonds is 3. The SMILES string of the molecule is N#Cc1cc(CN2C[C@H](N)[C@H](C(=O)N3CCCC3)C2)ccc1F. The Morgan fingerprint density at radius 3 is 2.78 bits per heavy atom. The Balaban J connectivity index is 1.64. The smallest absolute Gasteiger partial charge is 0.228 e. The van der Waals surface area contributed by atoms with Crippen LogP contribution in [0, 0.1) is 23.1 Å². The summed E-state index contributed by atoms with van der Waals surface area (Å²) in [5, 5.41) is 8.91. The van der Waals surface area contributed by atoms with Gasteiger partial charge >= 0.3 is 0 Å². The number of likely N-dealkylation sites (tertiary alicyclic amines) is 2. The average molecular weight is 316 g/mol. The molecule has 0 unspecified atom stereocenters. The minimum Gasteiger partial charge on any atom is -0.342 e. The number of hydrogen-bond donors (Lipinski definition) is 1. The Morgan fingerprint density at radius 2 is 2.09 bits per heavy atom. The van der Waals surface area contributed by atoms with Crippen molar-refractivity contribution in [2.75, 3.05) is 26.2 Å². The first-order valence-electron chi connectivity index (χ1n) is 8.03. The van der Waals surface area contributed by atoms with Gasteiger partial charge in [-0.15, -0.1) is 0 Å². The molecule has 0 saturated carbocycles. The van der Waals surface area contributed by atoms with E-state index in [1.807, 2.05) is 11.0 Å². The van der Waals surface area contributed by atoms with Gasteiger partial charge in [-0.25, -0.2) is 4.39 Å². The maximum absolute atomic E-state index is 13.4. The summed E-state index contributed by atoms with van der Waals surface area (Å²) in [7, 11) is 0. The highest BCUT2D eigenvalue weighted by molar-refractivity contribution is 5.80. The highest BCUT2D eigenvalue weighted by Gasteiger charge is 2.38. The van der Waals surface area contributed by atoms with Crippen molar-refractivity contribution < 1.29 is 9.18 Å². The fourth-order valence-corrected chi connectivity index (χ4v) is 3.49. The molecule has 2 heterocycles. The molecule has 3 rings (SSSR count). The maximum atomic E-state index is 13.4. The third-order valence-corrected chi connectivity index (χ3v) is 4.73. The molecule has 6 heteroatoms. The Kier molecular flexibility index (Phi) is 4.60. The van der Waals surface area contributed by atoms with Gasteiger partial charge in [-0.1, -0.05) is 6.07 Å². The van der Waals surface area contributed by atoms with Crippen molar-refractivity contribution in [2.45, 2.75) is 25.4 Å². The van der Waals surface area contributed by atoms with Gasteiger partial charge in [-0.3, -0.25) is 9.69 Å². The zero-order valence-electron chi connectivity index (χ0n) is 13.0. The van der Waals surface area contributed by atoms with E-state index in [-0.39, 0.29) is 23.4 Å². The number of nitrogens with two attached hydrogens (primary N) is 1. The van der Waals surface area contributed by atoms with Gasteiger partial charge in [-0.05, 0) is 30.5 Å². The lowest BCUT2D eigenvalue weighted by Gasteiger charge is -2.22. The van der Waals surface area contributed by atoms with E-state index in [0.717, 1.165) is 31.5 Å². The zero-order valence-corrected chi connectivity index (χ0v) is 13.0. The molecule has 0 aliphatic carbocycles. The third kappa shape index (κ3) is 3.36. The van der Waals surface area contributed by atoms with E-state index < -0.39 is 5.82 Å². The minimum atomic E-state index is -0.503. The Bertz CT molecular complexity index is 636. The zero-order chi connectivity index (χ0) is 16.4. The molecule has 2 aliphatic heterocycles. The molecule has 2 N–H and O–H groups in total. The molecule has 23 heavy (non-hydrogen) atoms. The summed E-state index contributed by atoms with van der Waals surface area (Å²) in [6.07, 6.45) is 2.15. The first-order chi connectivity index (χ1) is 11.1. The molecule has 1 amide bonds. The number of carbonyl (C=O) groups excluding carboxylic acids is 1. The summed E-state index contributed by atoms with van der Waals surface area (Å²) in [4.78, 5) is 16.6. The molecule has 0 bridgehead atoms. The molecular formula is C17H21FN4O. The van der Waals surface area contributed by atoms with E-state index in [1.54, 1.807) is 12.1 Å². The summed E-state index contributed by atoms with van der Waals surface area (Å²) >= 11 is 0. The van der Waals surface area contributed by atoms with E-state index >= 15 is 0 Å². The van der Waals surface area contributed by atoms with Crippen LogP contribution in [0.5, 0.6) is 0 Å². The van der Waals surface area contributed by atoms with Crippen molar-refractivity contribution >= 4 is 5.91 Å². The molecule has 0 aromatic heterocycles. The van der Waals surface area contributed by atoms with Gasteiger partial charge in [0, 0.05) is 38.8 Å². The van der Waals surface area contributed by atoms with Crippen molar-refractivity contribution in [3.05, 3.63) is 35.1 Å². The van der Waals surface area contributed by atoms with Crippen molar-refractivity contribution in [3.8, 4) is 6.07 Å². The van der Waals surface area contributed by atoms with Crippen molar-refractivity contribution in [1.82, 2.24) is 9.80 Å². The van der Waals surface area contributed by atoms with Gasteiger partial charge in [0.05, 0.1) is 11.5 Å². The minimum absolute atomic E-state index is 0.0516. The summed E-state index contributed by atoms with van der Waals surface area (Å²) < 4.78 is 13.4. The van der Waals surface area contributed by atoms with Gasteiger partial charge < -0.3 is 10.6 Å². The molecular weight excluding hydrogens is 295 g/mol. The summed E-state index contributed by atoms with van der Waals surface area (Å²) in [5.74, 6) is -0.505. The fraction of sp³-hybridized carbons (Fsp3) is 0.529. The molecule has 0 spiro atoms. The second-order valence-electron chi connectivity index (χ2n) is 6.42. The predicted octanol–water partition coefficient (Wildman–Crippen LogP) is 1.08. The number of benzene rings is 1. The summed E-state index contributed by atoms with van der Waals surface area (Å²) in [6.45, 7) is 3.52. The van der Waals surface area contributed by atoms with Crippen LogP contribution in [0.15, 0.2) is 18.2 Å². The number of nitrogens with zero attached hydrogens (tertiary/aromatic N) is 3. The van der Waals surface area contributed by atoms with Crippen molar-refractivity contribution in [1.29, 1.82) is 5.26 Å². The number of hydrogen-bond acceptors (Lipinski definition) is 4. The standard InChI is InChI=1S/C17H21FN4O/c18-15-4-3-12(7-13(15)8-19)9-21-10-14(16(20)11-21)17(23)22-5-1-2-6-22/h3-4,7,14,16H,1-2,5-6,9-11,20H2/t14-,16+/m1/s1. The van der Waals surface area contributed by atoms with Gasteiger partial charge in [0.25, 0.3) is 0 Å². The van der Waals surface area contributed by atoms with E-state index in [9.17, 15) is 9.18 Å². The Hall–Kier alpha value is -1.97. The monoisotopic (exact) mass is 316 g/mol. The second kappa shape index (κ2) is 6.65. The first-order valence-corrected chi connectivity index (χ1v) is 8.03. The van der Waals surface area contributed by atoms with Crippen LogP contribution >= 0.6 is 0 Å². The molecule has 2 fully saturated rings. The molecule has 2 aliphatic rings. The third-order valence-electron chi connectivity index (χ3n) is 4.73. The molecule has 2 saturated heterocycles.